The average molecular weight is 199 g/mol. The smallest absolute Gasteiger partial charge is 0.252 e. The van der Waals surface area contributed by atoms with E-state index in [2.05, 4.69) is 16.9 Å². The highest BCUT2D eigenvalue weighted by atomic mass is 32.2. The molecular formula is C8H13N3OS. The van der Waals surface area contributed by atoms with Gasteiger partial charge in [-0.25, -0.2) is 4.98 Å². The van der Waals surface area contributed by atoms with E-state index in [1.807, 2.05) is 0 Å². The molecule has 3 N–H and O–H groups in total. The van der Waals surface area contributed by atoms with Gasteiger partial charge in [-0.15, -0.1) is 0 Å². The van der Waals surface area contributed by atoms with Crippen LogP contribution in [0, 0.1) is 0 Å². The minimum absolute atomic E-state index is 0.181. The van der Waals surface area contributed by atoms with E-state index in [4.69, 9.17) is 5.73 Å². The van der Waals surface area contributed by atoms with Crippen molar-refractivity contribution in [3.63, 3.8) is 0 Å². The van der Waals surface area contributed by atoms with Crippen molar-refractivity contribution in [3.05, 3.63) is 22.2 Å². The summed E-state index contributed by atoms with van der Waals surface area (Å²) < 4.78 is 0. The molecule has 0 saturated heterocycles. The van der Waals surface area contributed by atoms with Crippen molar-refractivity contribution in [2.75, 3.05) is 11.5 Å². The minimum Gasteiger partial charge on any atom is -0.383 e. The second-order valence-electron chi connectivity index (χ2n) is 2.67. The average Bonchev–Trinajstić information content (AvgIpc) is 2.03. The summed E-state index contributed by atoms with van der Waals surface area (Å²) in [7, 11) is 0. The van der Waals surface area contributed by atoms with Gasteiger partial charge in [0.1, 0.15) is 11.6 Å². The molecule has 1 heterocycles. The molecule has 0 aliphatic carbocycles. The van der Waals surface area contributed by atoms with E-state index in [-0.39, 0.29) is 11.4 Å². The van der Waals surface area contributed by atoms with Gasteiger partial charge >= 0.3 is 0 Å². The molecule has 0 radical (unpaired) electrons. The Morgan fingerprint density at radius 3 is 3.08 bits per heavy atom. The van der Waals surface area contributed by atoms with Crippen molar-refractivity contribution in [1.29, 1.82) is 0 Å². The molecule has 0 spiro atoms. The number of nitrogens with two attached hydrogens (primary N) is 1. The van der Waals surface area contributed by atoms with Gasteiger partial charge in [-0.3, -0.25) is 4.79 Å². The summed E-state index contributed by atoms with van der Waals surface area (Å²) >= 11 is 1.74. The van der Waals surface area contributed by atoms with E-state index < -0.39 is 0 Å². The number of hydrogen-bond acceptors (Lipinski definition) is 4. The molecule has 0 aliphatic rings. The standard InChI is InChI=1S/C8H13N3OS/c1-2-3-13-5-7-10-6(9)4-8(12)11-7/h4H,2-3,5H2,1H3,(H3,9,10,11,12). The highest BCUT2D eigenvalue weighted by Crippen LogP contribution is 2.08. The monoisotopic (exact) mass is 199 g/mol. The van der Waals surface area contributed by atoms with Gasteiger partial charge in [0.2, 0.25) is 0 Å². The van der Waals surface area contributed by atoms with E-state index in [1.165, 1.54) is 6.07 Å². The summed E-state index contributed by atoms with van der Waals surface area (Å²) in [6.07, 6.45) is 1.12. The molecule has 0 atom stereocenters. The lowest BCUT2D eigenvalue weighted by Gasteiger charge is -1.99. The van der Waals surface area contributed by atoms with Crippen molar-refractivity contribution in [2.45, 2.75) is 19.1 Å². The third kappa shape index (κ3) is 3.50. The number of thioether (sulfide) groups is 1. The molecule has 0 aliphatic heterocycles. The second-order valence-corrected chi connectivity index (χ2v) is 3.77. The molecule has 0 aromatic carbocycles. The highest BCUT2D eigenvalue weighted by Gasteiger charge is 1.97. The molecule has 13 heavy (non-hydrogen) atoms. The molecule has 0 amide bonds. The maximum Gasteiger partial charge on any atom is 0.252 e. The van der Waals surface area contributed by atoms with Crippen LogP contribution in [0.4, 0.5) is 5.82 Å². The molecule has 1 aromatic rings. The summed E-state index contributed by atoms with van der Waals surface area (Å²) in [5, 5.41) is 0. The Morgan fingerprint density at radius 2 is 2.46 bits per heavy atom. The number of nitrogen functional groups attached to an aromatic ring is 1. The topological polar surface area (TPSA) is 71.8 Å². The van der Waals surface area contributed by atoms with E-state index >= 15 is 0 Å². The first-order chi connectivity index (χ1) is 6.22. The second kappa shape index (κ2) is 4.91. The van der Waals surface area contributed by atoms with Crippen LogP contribution in [0.3, 0.4) is 0 Å². The van der Waals surface area contributed by atoms with Gasteiger partial charge in [-0.2, -0.15) is 11.8 Å². The number of aromatic nitrogens is 2. The van der Waals surface area contributed by atoms with Gasteiger partial charge in [-0.05, 0) is 12.2 Å². The van der Waals surface area contributed by atoms with E-state index in [0.717, 1.165) is 12.2 Å². The Hall–Kier alpha value is -0.970. The molecule has 1 rings (SSSR count). The predicted octanol–water partition coefficient (Wildman–Crippen LogP) is 0.995. The van der Waals surface area contributed by atoms with E-state index in [9.17, 15) is 4.79 Å². The molecular weight excluding hydrogens is 186 g/mol. The van der Waals surface area contributed by atoms with Crippen molar-refractivity contribution in [1.82, 2.24) is 9.97 Å². The lowest BCUT2D eigenvalue weighted by atomic mass is 10.5. The highest BCUT2D eigenvalue weighted by molar-refractivity contribution is 7.98. The summed E-state index contributed by atoms with van der Waals surface area (Å²) in [5.74, 6) is 2.73. The minimum atomic E-state index is -0.181. The molecule has 1 aromatic heterocycles. The summed E-state index contributed by atoms with van der Waals surface area (Å²) in [4.78, 5) is 17.6. The van der Waals surface area contributed by atoms with Crippen LogP contribution >= 0.6 is 11.8 Å². The molecule has 72 valence electrons. The van der Waals surface area contributed by atoms with Crippen LogP contribution in [-0.4, -0.2) is 15.7 Å². The normalized spacial score (nSPS) is 10.2. The SMILES string of the molecule is CCCSCc1nc(N)cc(=O)[nH]1. The van der Waals surface area contributed by atoms with Gasteiger partial charge in [0.05, 0.1) is 5.75 Å². The number of aromatic amines is 1. The van der Waals surface area contributed by atoms with Gasteiger partial charge in [0.25, 0.3) is 5.56 Å². The molecule has 5 heteroatoms. The number of nitrogens with zero attached hydrogens (tertiary/aromatic N) is 1. The zero-order valence-electron chi connectivity index (χ0n) is 7.54. The van der Waals surface area contributed by atoms with Crippen LogP contribution < -0.4 is 11.3 Å². The summed E-state index contributed by atoms with van der Waals surface area (Å²) in [6.45, 7) is 2.11. The largest absolute Gasteiger partial charge is 0.383 e. The fraction of sp³-hybridized carbons (Fsp3) is 0.500. The third-order valence-electron chi connectivity index (χ3n) is 1.40. The molecule has 4 nitrogen and oxygen atoms in total. The third-order valence-corrected chi connectivity index (χ3v) is 2.57. The zero-order valence-corrected chi connectivity index (χ0v) is 8.36. The zero-order chi connectivity index (χ0) is 9.68. The van der Waals surface area contributed by atoms with Crippen molar-refractivity contribution in [2.24, 2.45) is 0 Å². The first kappa shape index (κ1) is 10.1. The Bertz CT molecular complexity index is 323. The number of hydrogen-bond donors (Lipinski definition) is 2. The molecule has 0 unspecified atom stereocenters. The van der Waals surface area contributed by atoms with Crippen molar-refractivity contribution < 1.29 is 0 Å². The van der Waals surface area contributed by atoms with Crippen molar-refractivity contribution in [3.8, 4) is 0 Å². The molecule has 0 fully saturated rings. The first-order valence-electron chi connectivity index (χ1n) is 4.16. The van der Waals surface area contributed by atoms with Crippen LogP contribution in [0.5, 0.6) is 0 Å². The first-order valence-corrected chi connectivity index (χ1v) is 5.31. The Balaban J connectivity index is 2.61. The number of rotatable bonds is 4. The van der Waals surface area contributed by atoms with Crippen LogP contribution in [0.1, 0.15) is 19.2 Å². The lowest BCUT2D eigenvalue weighted by Crippen LogP contribution is -2.11. The fourth-order valence-electron chi connectivity index (χ4n) is 0.910. The molecule has 0 saturated carbocycles. The maximum atomic E-state index is 11.0. The number of nitrogens with one attached hydrogen (secondary N) is 1. The van der Waals surface area contributed by atoms with Crippen LogP contribution in [0.15, 0.2) is 10.9 Å². The quantitative estimate of drug-likeness (QED) is 0.709. The number of H-pyrrole nitrogens is 1. The Labute approximate surface area is 81.0 Å². The van der Waals surface area contributed by atoms with Crippen LogP contribution in [0.25, 0.3) is 0 Å². The lowest BCUT2D eigenvalue weighted by molar-refractivity contribution is 1.01. The van der Waals surface area contributed by atoms with Gasteiger partial charge in [-0.1, -0.05) is 6.92 Å². The Kier molecular flexibility index (Phi) is 3.82. The van der Waals surface area contributed by atoms with Crippen LogP contribution in [0.2, 0.25) is 0 Å². The predicted molar refractivity (Wildman–Crippen MR) is 55.7 cm³/mol. The molecule has 0 bridgehead atoms. The van der Waals surface area contributed by atoms with Gasteiger partial charge in [0.15, 0.2) is 0 Å². The summed E-state index contributed by atoms with van der Waals surface area (Å²) in [5.41, 5.74) is 5.24. The van der Waals surface area contributed by atoms with Gasteiger partial charge in [0, 0.05) is 6.07 Å². The number of anilines is 1. The van der Waals surface area contributed by atoms with Crippen LogP contribution in [-0.2, 0) is 5.75 Å². The summed E-state index contributed by atoms with van der Waals surface area (Å²) in [6, 6.07) is 1.29. The fourth-order valence-corrected chi connectivity index (χ4v) is 1.67. The Morgan fingerprint density at radius 1 is 1.69 bits per heavy atom. The van der Waals surface area contributed by atoms with E-state index in [0.29, 0.717) is 11.6 Å². The van der Waals surface area contributed by atoms with Crippen molar-refractivity contribution >= 4 is 17.6 Å². The van der Waals surface area contributed by atoms with Gasteiger partial charge < -0.3 is 10.7 Å². The maximum absolute atomic E-state index is 11.0. The van der Waals surface area contributed by atoms with E-state index in [1.54, 1.807) is 11.8 Å².